The summed E-state index contributed by atoms with van der Waals surface area (Å²) in [4.78, 5) is 0. The molecule has 33 heavy (non-hydrogen) atoms. The van der Waals surface area contributed by atoms with Gasteiger partial charge >= 0.3 is 12.4 Å². The summed E-state index contributed by atoms with van der Waals surface area (Å²) in [6.45, 7) is 1.63. The van der Waals surface area contributed by atoms with Crippen LogP contribution in [0.5, 0.6) is 5.75 Å². The van der Waals surface area contributed by atoms with E-state index in [9.17, 15) is 31.4 Å². The Hall–Kier alpha value is -1.48. The summed E-state index contributed by atoms with van der Waals surface area (Å²) in [5.41, 5.74) is 2.51. The number of hydrogen-bond acceptors (Lipinski definition) is 3. The van der Waals surface area contributed by atoms with Crippen molar-refractivity contribution in [3.8, 4) is 5.75 Å². The van der Waals surface area contributed by atoms with Crippen molar-refractivity contribution in [3.63, 3.8) is 0 Å². The lowest BCUT2D eigenvalue weighted by molar-refractivity contribution is -0.322. The molecule has 9 heteroatoms. The third-order valence-corrected chi connectivity index (χ3v) is 8.11. The maximum absolute atomic E-state index is 12.6. The highest BCUT2D eigenvalue weighted by molar-refractivity contribution is 5.40. The topological polar surface area (TPSA) is 38.7 Å². The van der Waals surface area contributed by atoms with E-state index >= 15 is 0 Å². The minimum Gasteiger partial charge on any atom is -0.508 e. The first-order chi connectivity index (χ1) is 15.4. The van der Waals surface area contributed by atoms with Gasteiger partial charge in [0, 0.05) is 13.2 Å². The molecule has 0 amide bonds. The molecule has 0 radical (unpaired) electrons. The highest BCUT2D eigenvalue weighted by Gasteiger charge is 2.58. The molecule has 1 aromatic rings. The van der Waals surface area contributed by atoms with Crippen LogP contribution in [0.1, 0.15) is 62.5 Å². The average Bonchev–Trinajstić information content (AvgIpc) is 3.04. The van der Waals surface area contributed by atoms with Gasteiger partial charge in [-0.05, 0) is 91.4 Å². The highest BCUT2D eigenvalue weighted by atomic mass is 19.4. The van der Waals surface area contributed by atoms with Gasteiger partial charge in [-0.15, -0.1) is 0 Å². The van der Waals surface area contributed by atoms with E-state index in [2.05, 4.69) is 11.7 Å². The van der Waals surface area contributed by atoms with Crippen molar-refractivity contribution in [2.75, 3.05) is 13.2 Å². The van der Waals surface area contributed by atoms with Crippen LogP contribution in [0, 0.1) is 17.3 Å². The predicted octanol–water partition coefficient (Wildman–Crippen LogP) is 6.53. The average molecular weight is 480 g/mol. The number of alkyl halides is 6. The molecule has 1 aromatic carbocycles. The third-order valence-electron chi connectivity index (χ3n) is 8.11. The van der Waals surface area contributed by atoms with Gasteiger partial charge in [-0.2, -0.15) is 26.3 Å². The fourth-order valence-electron chi connectivity index (χ4n) is 6.65. The predicted molar refractivity (Wildman–Crippen MR) is 109 cm³/mol. The summed E-state index contributed by atoms with van der Waals surface area (Å²) in [6.07, 6.45) is -8.99. The molecule has 186 valence electrons. The zero-order valence-electron chi connectivity index (χ0n) is 18.5. The number of aromatic hydroxyl groups is 1. The van der Waals surface area contributed by atoms with E-state index in [1.165, 1.54) is 11.1 Å². The van der Waals surface area contributed by atoms with Gasteiger partial charge in [-0.1, -0.05) is 13.0 Å². The monoisotopic (exact) mass is 480 g/mol. The number of ether oxygens (including phenoxy) is 2. The van der Waals surface area contributed by atoms with Crippen LogP contribution in [0.4, 0.5) is 26.3 Å². The summed E-state index contributed by atoms with van der Waals surface area (Å²) in [5.74, 6) is 1.75. The lowest BCUT2D eigenvalue weighted by Crippen LogP contribution is -2.45. The molecular weight excluding hydrogens is 450 g/mol. The van der Waals surface area contributed by atoms with Gasteiger partial charge in [-0.25, -0.2) is 0 Å². The molecule has 5 atom stereocenters. The quantitative estimate of drug-likeness (QED) is 0.372. The van der Waals surface area contributed by atoms with E-state index in [1.54, 1.807) is 6.07 Å². The fraction of sp³-hybridized carbons (Fsp3) is 0.750. The van der Waals surface area contributed by atoms with Crippen molar-refractivity contribution in [3.05, 3.63) is 29.3 Å². The number of phenolic OH excluding ortho intramolecular Hbond substituents is 1. The molecule has 4 rings (SSSR count). The van der Waals surface area contributed by atoms with Crippen LogP contribution in [-0.2, 0) is 15.9 Å². The minimum atomic E-state index is -5.48. The Balaban J connectivity index is 1.31. The molecule has 0 spiro atoms. The smallest absolute Gasteiger partial charge is 0.423 e. The SMILES string of the molecule is C[C@]12CC[C@@H]3c4ccc(O)cc4CC[C@H]3[C@@H]1CC[C@@H]2OCCCOC(C(F)(F)F)C(F)(F)F. The van der Waals surface area contributed by atoms with Crippen LogP contribution in [0.2, 0.25) is 0 Å². The van der Waals surface area contributed by atoms with Crippen LogP contribution in [0.25, 0.3) is 0 Å². The van der Waals surface area contributed by atoms with E-state index in [1.807, 2.05) is 12.1 Å². The van der Waals surface area contributed by atoms with Gasteiger partial charge in [-0.3, -0.25) is 0 Å². The first-order valence-electron chi connectivity index (χ1n) is 11.6. The zero-order chi connectivity index (χ0) is 24.0. The first kappa shape index (κ1) is 24.6. The van der Waals surface area contributed by atoms with Crippen molar-refractivity contribution in [1.29, 1.82) is 0 Å². The Kier molecular flexibility index (Phi) is 6.68. The molecule has 2 fully saturated rings. The molecule has 0 aromatic heterocycles. The van der Waals surface area contributed by atoms with Crippen molar-refractivity contribution >= 4 is 0 Å². The molecule has 0 aliphatic heterocycles. The normalized spacial score (nSPS) is 31.9. The van der Waals surface area contributed by atoms with E-state index in [0.29, 0.717) is 23.5 Å². The summed E-state index contributed by atoms with van der Waals surface area (Å²) < 4.78 is 85.5. The Bertz CT molecular complexity index is 824. The van der Waals surface area contributed by atoms with Crippen LogP contribution in [0.3, 0.4) is 0 Å². The van der Waals surface area contributed by atoms with E-state index < -0.39 is 25.1 Å². The summed E-state index contributed by atoms with van der Waals surface area (Å²) in [5, 5.41) is 9.80. The maximum Gasteiger partial charge on any atom is 0.423 e. The molecule has 0 unspecified atom stereocenters. The number of halogens is 6. The molecule has 3 nitrogen and oxygen atoms in total. The molecule has 3 aliphatic carbocycles. The second-order valence-electron chi connectivity index (χ2n) is 9.97. The van der Waals surface area contributed by atoms with Crippen LogP contribution in [-0.4, -0.2) is 42.9 Å². The van der Waals surface area contributed by atoms with Gasteiger partial charge in [0.15, 0.2) is 0 Å². The first-order valence-corrected chi connectivity index (χ1v) is 11.6. The van der Waals surface area contributed by atoms with E-state index in [-0.39, 0.29) is 24.5 Å². The van der Waals surface area contributed by atoms with Crippen molar-refractivity contribution in [2.24, 2.45) is 17.3 Å². The Morgan fingerprint density at radius 1 is 1.03 bits per heavy atom. The molecule has 2 saturated carbocycles. The summed E-state index contributed by atoms with van der Waals surface area (Å²) >= 11 is 0. The number of aryl methyl sites for hydroxylation is 1. The van der Waals surface area contributed by atoms with Gasteiger partial charge in [0.2, 0.25) is 6.10 Å². The largest absolute Gasteiger partial charge is 0.508 e. The molecule has 0 bridgehead atoms. The minimum absolute atomic E-state index is 0.0250. The van der Waals surface area contributed by atoms with Crippen molar-refractivity contribution in [1.82, 2.24) is 0 Å². The molecule has 3 aliphatic rings. The lowest BCUT2D eigenvalue weighted by Gasteiger charge is -2.50. The molecule has 0 saturated heterocycles. The Morgan fingerprint density at radius 3 is 2.45 bits per heavy atom. The number of phenols is 1. The Morgan fingerprint density at radius 2 is 1.76 bits per heavy atom. The van der Waals surface area contributed by atoms with Crippen LogP contribution >= 0.6 is 0 Å². The van der Waals surface area contributed by atoms with Crippen molar-refractivity contribution < 1.29 is 40.9 Å². The van der Waals surface area contributed by atoms with Crippen molar-refractivity contribution in [2.45, 2.75) is 82.3 Å². The van der Waals surface area contributed by atoms with Gasteiger partial charge in [0.1, 0.15) is 5.75 Å². The summed E-state index contributed by atoms with van der Waals surface area (Å²) in [7, 11) is 0. The van der Waals surface area contributed by atoms with Gasteiger partial charge < -0.3 is 14.6 Å². The number of hydrogen-bond donors (Lipinski definition) is 1. The fourth-order valence-corrected chi connectivity index (χ4v) is 6.65. The number of fused-ring (bicyclic) bond motifs is 5. The molecular formula is C24H30F6O3. The second kappa shape index (κ2) is 8.95. The molecule has 0 heterocycles. The lowest BCUT2D eigenvalue weighted by atomic mass is 9.55. The van der Waals surface area contributed by atoms with Gasteiger partial charge in [0.25, 0.3) is 0 Å². The maximum atomic E-state index is 12.6. The number of rotatable bonds is 6. The molecule has 1 N–H and O–H groups in total. The summed E-state index contributed by atoms with van der Waals surface area (Å²) in [6, 6.07) is 5.66. The second-order valence-corrected chi connectivity index (χ2v) is 9.97. The standard InChI is InChI=1S/C24H30F6O3/c1-22-10-9-17-16-6-4-15(31)13-14(16)3-5-18(17)19(22)7-8-20(22)32-11-2-12-33-21(23(25,26)27)24(28,29)30/h4,6,13,17-21,31H,2-3,5,7-12H2,1H3/t17-,18-,19+,20+,22+/m1/s1. The zero-order valence-corrected chi connectivity index (χ0v) is 18.5. The van der Waals surface area contributed by atoms with E-state index in [4.69, 9.17) is 4.74 Å². The third kappa shape index (κ3) is 4.85. The Labute approximate surface area is 189 Å². The van der Waals surface area contributed by atoms with E-state index in [0.717, 1.165) is 38.5 Å². The van der Waals surface area contributed by atoms with Crippen LogP contribution in [0.15, 0.2) is 18.2 Å². The highest BCUT2D eigenvalue weighted by Crippen LogP contribution is 2.61. The van der Waals surface area contributed by atoms with Gasteiger partial charge in [0.05, 0.1) is 6.10 Å². The number of benzene rings is 1. The van der Waals surface area contributed by atoms with Crippen LogP contribution < -0.4 is 0 Å².